The van der Waals surface area contributed by atoms with Crippen molar-refractivity contribution in [3.05, 3.63) is 35.9 Å². The van der Waals surface area contributed by atoms with Crippen molar-refractivity contribution >= 4 is 30.1 Å². The molecule has 2 atom stereocenters. The van der Waals surface area contributed by atoms with Crippen LogP contribution in [0.1, 0.15) is 17.2 Å². The number of hydrogen-bond donors (Lipinski definition) is 1. The Kier molecular flexibility index (Phi) is 5.99. The fourth-order valence-electron chi connectivity index (χ4n) is 2.16. The number of amides is 1. The summed E-state index contributed by atoms with van der Waals surface area (Å²) in [4.78, 5) is 14.3. The number of rotatable bonds is 3. The second-order valence-electron chi connectivity index (χ2n) is 4.36. The summed E-state index contributed by atoms with van der Waals surface area (Å²) < 4.78 is 0. The predicted molar refractivity (Wildman–Crippen MR) is 79.1 cm³/mol. The van der Waals surface area contributed by atoms with Gasteiger partial charge in [0.2, 0.25) is 5.91 Å². The van der Waals surface area contributed by atoms with Gasteiger partial charge in [-0.05, 0) is 18.2 Å². The van der Waals surface area contributed by atoms with E-state index in [1.54, 1.807) is 11.8 Å². The van der Waals surface area contributed by atoms with Crippen LogP contribution in [0.2, 0.25) is 0 Å². The van der Waals surface area contributed by atoms with Crippen LogP contribution in [0.5, 0.6) is 0 Å². The normalized spacial score (nSPS) is 20.3. The van der Waals surface area contributed by atoms with Gasteiger partial charge in [-0.25, -0.2) is 0 Å². The van der Waals surface area contributed by atoms with Crippen LogP contribution in [-0.4, -0.2) is 36.2 Å². The molecule has 0 radical (unpaired) electrons. The van der Waals surface area contributed by atoms with Crippen molar-refractivity contribution in [1.82, 2.24) is 4.90 Å². The van der Waals surface area contributed by atoms with Crippen LogP contribution in [0.25, 0.3) is 0 Å². The molecule has 3 nitrogen and oxygen atoms in total. The lowest BCUT2D eigenvalue weighted by molar-refractivity contribution is -0.129. The van der Waals surface area contributed by atoms with Crippen LogP contribution in [-0.2, 0) is 4.79 Å². The van der Waals surface area contributed by atoms with E-state index in [9.17, 15) is 4.79 Å². The summed E-state index contributed by atoms with van der Waals surface area (Å²) in [6, 6.07) is 10.1. The first-order valence-electron chi connectivity index (χ1n) is 5.84. The van der Waals surface area contributed by atoms with Crippen LogP contribution in [0, 0.1) is 0 Å². The van der Waals surface area contributed by atoms with E-state index in [1.807, 2.05) is 41.5 Å². The van der Waals surface area contributed by atoms with Gasteiger partial charge in [-0.15, -0.1) is 24.2 Å². The molecule has 18 heavy (non-hydrogen) atoms. The van der Waals surface area contributed by atoms with Crippen molar-refractivity contribution in [2.45, 2.75) is 17.7 Å². The first-order chi connectivity index (χ1) is 8.22. The third-order valence-corrected chi connectivity index (χ3v) is 4.04. The zero-order valence-corrected chi connectivity index (χ0v) is 12.0. The number of benzene rings is 1. The lowest BCUT2D eigenvalue weighted by Crippen LogP contribution is -2.34. The van der Waals surface area contributed by atoms with E-state index < -0.39 is 0 Å². The summed E-state index contributed by atoms with van der Waals surface area (Å²) in [7, 11) is 0. The molecule has 0 aliphatic carbocycles. The van der Waals surface area contributed by atoms with Gasteiger partial charge in [0.25, 0.3) is 0 Å². The van der Waals surface area contributed by atoms with Gasteiger partial charge in [0.05, 0.1) is 0 Å². The molecule has 0 spiro atoms. The van der Waals surface area contributed by atoms with E-state index in [0.29, 0.717) is 6.54 Å². The first-order valence-corrected chi connectivity index (χ1v) is 7.13. The van der Waals surface area contributed by atoms with Crippen LogP contribution < -0.4 is 5.73 Å². The maximum atomic E-state index is 12.4. The minimum atomic E-state index is -0.0958. The van der Waals surface area contributed by atoms with Crippen LogP contribution in [0.4, 0.5) is 0 Å². The largest absolute Gasteiger partial charge is 0.340 e. The fourth-order valence-corrected chi connectivity index (χ4v) is 2.94. The second kappa shape index (κ2) is 7.02. The summed E-state index contributed by atoms with van der Waals surface area (Å²) in [5.74, 6) is 0.191. The van der Waals surface area contributed by atoms with Crippen molar-refractivity contribution in [1.29, 1.82) is 0 Å². The molecule has 1 amide bonds. The molecule has 2 unspecified atom stereocenters. The van der Waals surface area contributed by atoms with Crippen molar-refractivity contribution in [2.75, 3.05) is 19.3 Å². The molecular weight excluding hydrogens is 268 g/mol. The average Bonchev–Trinajstić information content (AvgIpc) is 2.78. The number of nitrogens with two attached hydrogens (primary N) is 1. The maximum Gasteiger partial charge on any atom is 0.240 e. The second-order valence-corrected chi connectivity index (χ2v) is 5.30. The Morgan fingerprint density at radius 3 is 2.61 bits per heavy atom. The number of carbonyl (C=O) groups is 1. The molecule has 0 aromatic heterocycles. The van der Waals surface area contributed by atoms with E-state index in [1.165, 1.54) is 0 Å². The summed E-state index contributed by atoms with van der Waals surface area (Å²) in [6.45, 7) is 1.49. The molecule has 2 N–H and O–H groups in total. The first kappa shape index (κ1) is 15.3. The highest BCUT2D eigenvalue weighted by atomic mass is 35.5. The Balaban J connectivity index is 0.00000162. The summed E-state index contributed by atoms with van der Waals surface area (Å²) in [5.41, 5.74) is 6.92. The quantitative estimate of drug-likeness (QED) is 0.925. The van der Waals surface area contributed by atoms with E-state index in [-0.39, 0.29) is 29.6 Å². The van der Waals surface area contributed by atoms with E-state index in [0.717, 1.165) is 18.5 Å². The zero-order valence-electron chi connectivity index (χ0n) is 10.4. The lowest BCUT2D eigenvalue weighted by atomic mass is 10.1. The lowest BCUT2D eigenvalue weighted by Gasteiger charge is -2.22. The molecule has 2 rings (SSSR count). The molecule has 1 aliphatic rings. The SMILES string of the molecule is CSC(C(=O)N1CCC(N)C1)c1ccccc1.Cl. The predicted octanol–water partition coefficient (Wildman–Crippen LogP) is 2.07. The van der Waals surface area contributed by atoms with Crippen molar-refractivity contribution < 1.29 is 4.79 Å². The molecule has 1 aromatic rings. The zero-order chi connectivity index (χ0) is 12.3. The fraction of sp³-hybridized carbons (Fsp3) is 0.462. The van der Waals surface area contributed by atoms with Gasteiger partial charge in [-0.1, -0.05) is 30.3 Å². The molecule has 0 saturated carbocycles. The average molecular weight is 287 g/mol. The van der Waals surface area contributed by atoms with Gasteiger partial charge in [0.15, 0.2) is 0 Å². The Hall–Kier alpha value is -0.710. The van der Waals surface area contributed by atoms with Gasteiger partial charge in [0.1, 0.15) is 5.25 Å². The molecule has 1 aliphatic heterocycles. The maximum absolute atomic E-state index is 12.4. The number of nitrogens with zero attached hydrogens (tertiary/aromatic N) is 1. The van der Waals surface area contributed by atoms with Gasteiger partial charge in [-0.2, -0.15) is 0 Å². The molecule has 100 valence electrons. The van der Waals surface area contributed by atoms with Gasteiger partial charge < -0.3 is 10.6 Å². The molecule has 1 aromatic carbocycles. The standard InChI is InChI=1S/C13H18N2OS.ClH/c1-17-12(10-5-3-2-4-6-10)13(16)15-8-7-11(14)9-15;/h2-6,11-12H,7-9,14H2,1H3;1H. The minimum Gasteiger partial charge on any atom is -0.340 e. The molecule has 1 heterocycles. The van der Waals surface area contributed by atoms with Crippen molar-refractivity contribution in [3.8, 4) is 0 Å². The Bertz CT molecular complexity index is 388. The van der Waals surface area contributed by atoms with E-state index >= 15 is 0 Å². The molecule has 5 heteroatoms. The van der Waals surface area contributed by atoms with Crippen molar-refractivity contribution in [3.63, 3.8) is 0 Å². The van der Waals surface area contributed by atoms with Crippen LogP contribution in [0.15, 0.2) is 30.3 Å². The number of likely N-dealkylation sites (tertiary alicyclic amines) is 1. The smallest absolute Gasteiger partial charge is 0.240 e. The number of carbonyl (C=O) groups excluding carboxylic acids is 1. The summed E-state index contributed by atoms with van der Waals surface area (Å²) in [5, 5.41) is -0.0958. The highest BCUT2D eigenvalue weighted by Gasteiger charge is 2.29. The Labute approximate surface area is 119 Å². The molecular formula is C13H19ClN2OS. The van der Waals surface area contributed by atoms with Crippen molar-refractivity contribution in [2.24, 2.45) is 5.73 Å². The highest BCUT2D eigenvalue weighted by Crippen LogP contribution is 2.29. The topological polar surface area (TPSA) is 46.3 Å². The van der Waals surface area contributed by atoms with Gasteiger partial charge in [-0.3, -0.25) is 4.79 Å². The highest BCUT2D eigenvalue weighted by molar-refractivity contribution is 7.99. The van der Waals surface area contributed by atoms with Crippen LogP contribution in [0.3, 0.4) is 0 Å². The third kappa shape index (κ3) is 3.40. The van der Waals surface area contributed by atoms with E-state index in [4.69, 9.17) is 5.73 Å². The Morgan fingerprint density at radius 1 is 1.44 bits per heavy atom. The molecule has 0 bridgehead atoms. The Morgan fingerprint density at radius 2 is 2.11 bits per heavy atom. The molecule has 1 saturated heterocycles. The number of halogens is 1. The molecule has 1 fully saturated rings. The van der Waals surface area contributed by atoms with Crippen LogP contribution >= 0.6 is 24.2 Å². The third-order valence-electron chi connectivity index (χ3n) is 3.10. The summed E-state index contributed by atoms with van der Waals surface area (Å²) in [6.07, 6.45) is 2.90. The summed E-state index contributed by atoms with van der Waals surface area (Å²) >= 11 is 1.59. The van der Waals surface area contributed by atoms with E-state index in [2.05, 4.69) is 0 Å². The van der Waals surface area contributed by atoms with Gasteiger partial charge >= 0.3 is 0 Å². The number of thioether (sulfide) groups is 1. The minimum absolute atomic E-state index is 0. The van der Waals surface area contributed by atoms with Gasteiger partial charge in [0, 0.05) is 19.1 Å². The monoisotopic (exact) mass is 286 g/mol. The number of hydrogen-bond acceptors (Lipinski definition) is 3.